The van der Waals surface area contributed by atoms with Gasteiger partial charge in [-0.15, -0.1) is 0 Å². The Hall–Kier alpha value is -1.64. The van der Waals surface area contributed by atoms with Crippen LogP contribution in [-0.4, -0.2) is 25.0 Å². The lowest BCUT2D eigenvalue weighted by atomic mass is 10.0. The minimum Gasteiger partial charge on any atom is -0.323 e. The molecule has 0 saturated carbocycles. The minimum atomic E-state index is 0.0735. The predicted molar refractivity (Wildman–Crippen MR) is 90.5 cm³/mol. The number of benzene rings is 2. The van der Waals surface area contributed by atoms with Gasteiger partial charge in [0.05, 0.1) is 0 Å². The summed E-state index contributed by atoms with van der Waals surface area (Å²) in [7, 11) is 2.14. The zero-order chi connectivity index (χ0) is 15.2. The van der Waals surface area contributed by atoms with Gasteiger partial charge in [0.25, 0.3) is 0 Å². The molecule has 0 aliphatic rings. The van der Waals surface area contributed by atoms with Crippen molar-refractivity contribution in [3.05, 3.63) is 70.8 Å². The molecule has 0 heterocycles. The Morgan fingerprint density at radius 3 is 2.24 bits per heavy atom. The van der Waals surface area contributed by atoms with Gasteiger partial charge in [-0.3, -0.25) is 0 Å². The Bertz CT molecular complexity index is 543. The third kappa shape index (κ3) is 5.00. The van der Waals surface area contributed by atoms with Gasteiger partial charge in [0.2, 0.25) is 0 Å². The van der Waals surface area contributed by atoms with E-state index in [1.165, 1.54) is 22.3 Å². The summed E-state index contributed by atoms with van der Waals surface area (Å²) in [5, 5.41) is 0. The minimum absolute atomic E-state index is 0.0735. The molecule has 0 aliphatic carbocycles. The highest BCUT2D eigenvalue weighted by Crippen LogP contribution is 2.16. The van der Waals surface area contributed by atoms with Crippen molar-refractivity contribution in [2.75, 3.05) is 20.1 Å². The molecule has 1 atom stereocenters. The van der Waals surface area contributed by atoms with E-state index in [4.69, 9.17) is 5.73 Å². The van der Waals surface area contributed by atoms with Crippen molar-refractivity contribution in [3.63, 3.8) is 0 Å². The third-order valence-electron chi connectivity index (χ3n) is 3.81. The molecule has 21 heavy (non-hydrogen) atoms. The lowest BCUT2D eigenvalue weighted by Crippen LogP contribution is -2.30. The average molecular weight is 282 g/mol. The first kappa shape index (κ1) is 15.7. The molecule has 0 fully saturated rings. The van der Waals surface area contributed by atoms with Crippen molar-refractivity contribution in [2.24, 2.45) is 5.73 Å². The summed E-state index contributed by atoms with van der Waals surface area (Å²) in [6.45, 7) is 6.17. The number of nitrogens with two attached hydrogens (primary N) is 1. The lowest BCUT2D eigenvalue weighted by Gasteiger charge is -2.22. The van der Waals surface area contributed by atoms with Gasteiger partial charge >= 0.3 is 0 Å². The molecule has 2 nitrogen and oxygen atoms in total. The van der Waals surface area contributed by atoms with Crippen LogP contribution < -0.4 is 5.73 Å². The van der Waals surface area contributed by atoms with Crippen LogP contribution in [0.5, 0.6) is 0 Å². The van der Waals surface area contributed by atoms with E-state index >= 15 is 0 Å². The summed E-state index contributed by atoms with van der Waals surface area (Å²) in [4.78, 5) is 2.31. The second kappa shape index (κ2) is 7.39. The SMILES string of the molecule is Cc1cc(C)cc(C(N)CN(C)CCc2ccccc2)c1. The van der Waals surface area contributed by atoms with Gasteiger partial charge in [0, 0.05) is 19.1 Å². The molecular formula is C19H26N2. The highest BCUT2D eigenvalue weighted by Gasteiger charge is 2.10. The molecule has 2 rings (SSSR count). The Labute approximate surface area is 128 Å². The van der Waals surface area contributed by atoms with Crippen molar-refractivity contribution in [3.8, 4) is 0 Å². The number of hydrogen-bond donors (Lipinski definition) is 1. The molecule has 1 unspecified atom stereocenters. The third-order valence-corrected chi connectivity index (χ3v) is 3.81. The van der Waals surface area contributed by atoms with Crippen LogP contribution in [0.3, 0.4) is 0 Å². The molecule has 2 N–H and O–H groups in total. The molecule has 0 amide bonds. The molecular weight excluding hydrogens is 256 g/mol. The summed E-state index contributed by atoms with van der Waals surface area (Å²) >= 11 is 0. The van der Waals surface area contributed by atoms with Crippen molar-refractivity contribution in [1.29, 1.82) is 0 Å². The Morgan fingerprint density at radius 1 is 1.00 bits per heavy atom. The lowest BCUT2D eigenvalue weighted by molar-refractivity contribution is 0.316. The molecule has 0 aliphatic heterocycles. The van der Waals surface area contributed by atoms with E-state index in [9.17, 15) is 0 Å². The zero-order valence-corrected chi connectivity index (χ0v) is 13.3. The normalized spacial score (nSPS) is 12.6. The summed E-state index contributed by atoms with van der Waals surface area (Å²) in [6, 6.07) is 17.3. The van der Waals surface area contributed by atoms with Gasteiger partial charge in [-0.1, -0.05) is 59.7 Å². The van der Waals surface area contributed by atoms with E-state index in [0.717, 1.165) is 19.5 Å². The van der Waals surface area contributed by atoms with Crippen molar-refractivity contribution in [1.82, 2.24) is 4.90 Å². The standard InChI is InChI=1S/C19H26N2/c1-15-11-16(2)13-18(12-15)19(20)14-21(3)10-9-17-7-5-4-6-8-17/h4-8,11-13,19H,9-10,14,20H2,1-3H3. The average Bonchev–Trinajstić information content (AvgIpc) is 2.45. The Morgan fingerprint density at radius 2 is 1.62 bits per heavy atom. The number of nitrogens with zero attached hydrogens (tertiary/aromatic N) is 1. The molecule has 2 heteroatoms. The van der Waals surface area contributed by atoms with Gasteiger partial charge in [-0.25, -0.2) is 0 Å². The quantitative estimate of drug-likeness (QED) is 0.879. The molecule has 0 bridgehead atoms. The molecule has 112 valence electrons. The summed E-state index contributed by atoms with van der Waals surface area (Å²) in [6.07, 6.45) is 1.07. The largest absolute Gasteiger partial charge is 0.323 e. The Balaban J connectivity index is 1.88. The second-order valence-electron chi connectivity index (χ2n) is 6.03. The molecule has 0 aromatic heterocycles. The second-order valence-corrected chi connectivity index (χ2v) is 6.03. The van der Waals surface area contributed by atoms with Crippen LogP contribution in [0.25, 0.3) is 0 Å². The van der Waals surface area contributed by atoms with Gasteiger partial charge in [0.1, 0.15) is 0 Å². The van der Waals surface area contributed by atoms with E-state index in [-0.39, 0.29) is 6.04 Å². The smallest absolute Gasteiger partial charge is 0.0424 e. The zero-order valence-electron chi connectivity index (χ0n) is 13.3. The van der Waals surface area contributed by atoms with E-state index in [0.29, 0.717) is 0 Å². The topological polar surface area (TPSA) is 29.3 Å². The van der Waals surface area contributed by atoms with Crippen LogP contribution in [0.4, 0.5) is 0 Å². The molecule has 0 saturated heterocycles. The summed E-state index contributed by atoms with van der Waals surface area (Å²) in [5.74, 6) is 0. The van der Waals surface area contributed by atoms with Gasteiger partial charge in [-0.05, 0) is 38.4 Å². The van der Waals surface area contributed by atoms with E-state index in [1.807, 2.05) is 0 Å². The van der Waals surface area contributed by atoms with Crippen molar-refractivity contribution >= 4 is 0 Å². The van der Waals surface area contributed by atoms with Gasteiger partial charge in [-0.2, -0.15) is 0 Å². The maximum absolute atomic E-state index is 6.36. The van der Waals surface area contributed by atoms with Crippen molar-refractivity contribution < 1.29 is 0 Å². The van der Waals surface area contributed by atoms with E-state index in [1.54, 1.807) is 0 Å². The van der Waals surface area contributed by atoms with E-state index in [2.05, 4.69) is 74.3 Å². The van der Waals surface area contributed by atoms with Crippen LogP contribution in [0.1, 0.15) is 28.3 Å². The fourth-order valence-corrected chi connectivity index (χ4v) is 2.72. The maximum Gasteiger partial charge on any atom is 0.0424 e. The fourth-order valence-electron chi connectivity index (χ4n) is 2.72. The first-order valence-electron chi connectivity index (χ1n) is 7.61. The maximum atomic E-state index is 6.36. The molecule has 2 aromatic carbocycles. The van der Waals surface area contributed by atoms with Crippen LogP contribution >= 0.6 is 0 Å². The molecule has 0 radical (unpaired) electrons. The number of aryl methyl sites for hydroxylation is 2. The van der Waals surface area contributed by atoms with Crippen LogP contribution in [0.15, 0.2) is 48.5 Å². The first-order valence-corrected chi connectivity index (χ1v) is 7.61. The van der Waals surface area contributed by atoms with E-state index < -0.39 is 0 Å². The molecule has 0 spiro atoms. The van der Waals surface area contributed by atoms with Gasteiger partial charge in [0.15, 0.2) is 0 Å². The fraction of sp³-hybridized carbons (Fsp3) is 0.368. The predicted octanol–water partition coefficient (Wildman–Crippen LogP) is 3.48. The van der Waals surface area contributed by atoms with Crippen molar-refractivity contribution in [2.45, 2.75) is 26.3 Å². The Kier molecular flexibility index (Phi) is 5.54. The molecule has 2 aromatic rings. The van der Waals surface area contributed by atoms with Crippen LogP contribution in [0.2, 0.25) is 0 Å². The van der Waals surface area contributed by atoms with Crippen LogP contribution in [-0.2, 0) is 6.42 Å². The van der Waals surface area contributed by atoms with Crippen LogP contribution in [0, 0.1) is 13.8 Å². The highest BCUT2D eigenvalue weighted by atomic mass is 15.1. The summed E-state index contributed by atoms with van der Waals surface area (Å²) < 4.78 is 0. The number of rotatable bonds is 6. The monoisotopic (exact) mass is 282 g/mol. The number of hydrogen-bond acceptors (Lipinski definition) is 2. The summed E-state index contributed by atoms with van der Waals surface area (Å²) in [5.41, 5.74) is 11.5. The highest BCUT2D eigenvalue weighted by molar-refractivity contribution is 5.30. The first-order chi connectivity index (χ1) is 10.0. The van der Waals surface area contributed by atoms with Gasteiger partial charge < -0.3 is 10.6 Å². The number of likely N-dealkylation sites (N-methyl/N-ethyl adjacent to an activating group) is 1.